The van der Waals surface area contributed by atoms with Crippen molar-refractivity contribution >= 4 is 17.2 Å². The molecule has 4 heteroatoms. The Labute approximate surface area is 142 Å². The lowest BCUT2D eigenvalue weighted by Crippen LogP contribution is -2.48. The molecule has 0 saturated carbocycles. The standard InChI is InChI=1S/C19H24N2OS/c1-19(2,3)20-13-17(22)21-11-9-16-15(10-12-23-16)18(21)14-7-5-4-6-8-14/h4-8,10,12,18,20H,9,11,13H2,1-3H3. The first kappa shape index (κ1) is 16.2. The molecule has 1 unspecified atom stereocenters. The van der Waals surface area contributed by atoms with Crippen LogP contribution >= 0.6 is 11.3 Å². The van der Waals surface area contributed by atoms with Crippen LogP contribution in [0.25, 0.3) is 0 Å². The summed E-state index contributed by atoms with van der Waals surface area (Å²) in [7, 11) is 0. The number of nitrogens with zero attached hydrogens (tertiary/aromatic N) is 1. The summed E-state index contributed by atoms with van der Waals surface area (Å²) >= 11 is 1.80. The van der Waals surface area contributed by atoms with Gasteiger partial charge in [-0.25, -0.2) is 0 Å². The molecule has 0 radical (unpaired) electrons. The van der Waals surface area contributed by atoms with E-state index in [0.29, 0.717) is 6.54 Å². The van der Waals surface area contributed by atoms with Crippen LogP contribution in [-0.2, 0) is 11.2 Å². The molecule has 23 heavy (non-hydrogen) atoms. The zero-order valence-corrected chi connectivity index (χ0v) is 14.8. The summed E-state index contributed by atoms with van der Waals surface area (Å²) in [5, 5.41) is 5.46. The highest BCUT2D eigenvalue weighted by atomic mass is 32.1. The molecular formula is C19H24N2OS. The molecule has 2 heterocycles. The highest BCUT2D eigenvalue weighted by molar-refractivity contribution is 7.10. The summed E-state index contributed by atoms with van der Waals surface area (Å²) in [5.74, 6) is 0.172. The molecule has 1 aromatic carbocycles. The number of nitrogens with one attached hydrogen (secondary N) is 1. The Bertz CT molecular complexity index is 672. The van der Waals surface area contributed by atoms with Crippen LogP contribution in [-0.4, -0.2) is 29.4 Å². The second-order valence-corrected chi connectivity index (χ2v) is 8.05. The largest absolute Gasteiger partial charge is 0.330 e. The molecule has 3 nitrogen and oxygen atoms in total. The van der Waals surface area contributed by atoms with Crippen molar-refractivity contribution in [2.75, 3.05) is 13.1 Å². The number of hydrogen-bond donors (Lipinski definition) is 1. The molecule has 0 bridgehead atoms. The first-order valence-electron chi connectivity index (χ1n) is 8.11. The summed E-state index contributed by atoms with van der Waals surface area (Å²) in [5.41, 5.74) is 2.42. The summed E-state index contributed by atoms with van der Waals surface area (Å²) in [6.45, 7) is 7.43. The molecule has 0 spiro atoms. The number of benzene rings is 1. The fraction of sp³-hybridized carbons (Fsp3) is 0.421. The maximum Gasteiger partial charge on any atom is 0.237 e. The van der Waals surface area contributed by atoms with Crippen LogP contribution in [0.3, 0.4) is 0 Å². The first-order chi connectivity index (χ1) is 11.0. The zero-order valence-electron chi connectivity index (χ0n) is 14.0. The number of carbonyl (C=O) groups excluding carboxylic acids is 1. The summed E-state index contributed by atoms with van der Waals surface area (Å²) in [6, 6.07) is 12.6. The SMILES string of the molecule is CC(C)(C)NCC(=O)N1CCc2sccc2C1c1ccccc1. The van der Waals surface area contributed by atoms with Crippen molar-refractivity contribution in [2.24, 2.45) is 0 Å². The van der Waals surface area contributed by atoms with Gasteiger partial charge in [-0.2, -0.15) is 0 Å². The molecule has 0 saturated heterocycles. The molecule has 0 fully saturated rings. The molecule has 1 aromatic heterocycles. The van der Waals surface area contributed by atoms with Gasteiger partial charge in [0.25, 0.3) is 0 Å². The van der Waals surface area contributed by atoms with E-state index in [1.54, 1.807) is 11.3 Å². The van der Waals surface area contributed by atoms with Crippen LogP contribution in [0.5, 0.6) is 0 Å². The first-order valence-corrected chi connectivity index (χ1v) is 8.99. The fourth-order valence-electron chi connectivity index (χ4n) is 3.02. The Morgan fingerprint density at radius 2 is 2.00 bits per heavy atom. The molecule has 2 aromatic rings. The van der Waals surface area contributed by atoms with Crippen LogP contribution in [0.15, 0.2) is 41.8 Å². The Morgan fingerprint density at radius 1 is 1.26 bits per heavy atom. The van der Waals surface area contributed by atoms with E-state index in [1.807, 2.05) is 23.1 Å². The fourth-order valence-corrected chi connectivity index (χ4v) is 3.93. The number of rotatable bonds is 3. The Morgan fingerprint density at radius 3 is 2.70 bits per heavy atom. The van der Waals surface area contributed by atoms with Crippen molar-refractivity contribution in [2.45, 2.75) is 38.8 Å². The van der Waals surface area contributed by atoms with Crippen molar-refractivity contribution in [3.05, 3.63) is 57.8 Å². The minimum atomic E-state index is -0.0543. The van der Waals surface area contributed by atoms with E-state index in [0.717, 1.165) is 13.0 Å². The minimum absolute atomic E-state index is 0.0421. The van der Waals surface area contributed by atoms with Gasteiger partial charge in [0.1, 0.15) is 0 Å². The van der Waals surface area contributed by atoms with E-state index in [1.165, 1.54) is 16.0 Å². The van der Waals surface area contributed by atoms with E-state index in [9.17, 15) is 4.79 Å². The van der Waals surface area contributed by atoms with Gasteiger partial charge in [0.15, 0.2) is 0 Å². The average Bonchev–Trinajstić information content (AvgIpc) is 3.00. The average molecular weight is 328 g/mol. The predicted molar refractivity (Wildman–Crippen MR) is 95.8 cm³/mol. The third-order valence-corrected chi connectivity index (χ3v) is 5.17. The van der Waals surface area contributed by atoms with E-state index < -0.39 is 0 Å². The second-order valence-electron chi connectivity index (χ2n) is 7.05. The number of carbonyl (C=O) groups is 1. The van der Waals surface area contributed by atoms with Gasteiger partial charge in [0.05, 0.1) is 12.6 Å². The third-order valence-electron chi connectivity index (χ3n) is 4.17. The lowest BCUT2D eigenvalue weighted by atomic mass is 9.93. The van der Waals surface area contributed by atoms with Crippen molar-refractivity contribution in [1.82, 2.24) is 10.2 Å². The monoisotopic (exact) mass is 328 g/mol. The van der Waals surface area contributed by atoms with E-state index in [2.05, 4.69) is 49.7 Å². The number of hydrogen-bond acceptors (Lipinski definition) is 3. The minimum Gasteiger partial charge on any atom is -0.330 e. The molecule has 0 aliphatic carbocycles. The molecule has 1 aliphatic rings. The van der Waals surface area contributed by atoms with Gasteiger partial charge in [-0.15, -0.1) is 11.3 Å². The van der Waals surface area contributed by atoms with Crippen molar-refractivity contribution in [1.29, 1.82) is 0 Å². The van der Waals surface area contributed by atoms with Crippen LogP contribution in [0.2, 0.25) is 0 Å². The predicted octanol–water partition coefficient (Wildman–Crippen LogP) is 3.61. The van der Waals surface area contributed by atoms with E-state index in [-0.39, 0.29) is 17.5 Å². The van der Waals surface area contributed by atoms with Gasteiger partial charge in [-0.3, -0.25) is 4.79 Å². The van der Waals surface area contributed by atoms with Crippen molar-refractivity contribution < 1.29 is 4.79 Å². The molecule has 1 N–H and O–H groups in total. The zero-order chi connectivity index (χ0) is 16.4. The van der Waals surface area contributed by atoms with Crippen LogP contribution in [0.1, 0.15) is 42.8 Å². The Balaban J connectivity index is 1.88. The third kappa shape index (κ3) is 3.65. The van der Waals surface area contributed by atoms with Crippen LogP contribution in [0, 0.1) is 0 Å². The summed E-state index contributed by atoms with van der Waals surface area (Å²) in [6.07, 6.45) is 0.956. The van der Waals surface area contributed by atoms with Crippen LogP contribution < -0.4 is 5.32 Å². The van der Waals surface area contributed by atoms with Gasteiger partial charge < -0.3 is 10.2 Å². The van der Waals surface area contributed by atoms with E-state index in [4.69, 9.17) is 0 Å². The van der Waals surface area contributed by atoms with Gasteiger partial charge in [0.2, 0.25) is 5.91 Å². The molecular weight excluding hydrogens is 304 g/mol. The summed E-state index contributed by atoms with van der Waals surface area (Å²) < 4.78 is 0. The maximum atomic E-state index is 12.8. The highest BCUT2D eigenvalue weighted by Crippen LogP contribution is 2.37. The van der Waals surface area contributed by atoms with Gasteiger partial charge >= 0.3 is 0 Å². The van der Waals surface area contributed by atoms with Gasteiger partial charge in [-0.05, 0) is 49.8 Å². The number of thiophene rings is 1. The lowest BCUT2D eigenvalue weighted by Gasteiger charge is -2.37. The normalized spacial score (nSPS) is 17.9. The van der Waals surface area contributed by atoms with Gasteiger partial charge in [-0.1, -0.05) is 30.3 Å². The smallest absolute Gasteiger partial charge is 0.237 e. The maximum absolute atomic E-state index is 12.8. The lowest BCUT2D eigenvalue weighted by molar-refractivity contribution is -0.132. The van der Waals surface area contributed by atoms with E-state index >= 15 is 0 Å². The molecule has 1 atom stereocenters. The van der Waals surface area contributed by atoms with Crippen molar-refractivity contribution in [3.63, 3.8) is 0 Å². The topological polar surface area (TPSA) is 32.3 Å². The molecule has 3 rings (SSSR count). The second kappa shape index (κ2) is 6.46. The Kier molecular flexibility index (Phi) is 4.55. The Hall–Kier alpha value is -1.65. The highest BCUT2D eigenvalue weighted by Gasteiger charge is 2.32. The van der Waals surface area contributed by atoms with Gasteiger partial charge in [0, 0.05) is 17.0 Å². The van der Waals surface area contributed by atoms with Crippen LogP contribution in [0.4, 0.5) is 0 Å². The molecule has 1 amide bonds. The number of amides is 1. The van der Waals surface area contributed by atoms with Crippen molar-refractivity contribution in [3.8, 4) is 0 Å². The quantitative estimate of drug-likeness (QED) is 0.933. The number of fused-ring (bicyclic) bond motifs is 1. The summed E-state index contributed by atoms with van der Waals surface area (Å²) in [4.78, 5) is 16.3. The molecule has 1 aliphatic heterocycles. The molecule has 122 valence electrons.